The molecule has 1 aromatic carbocycles. The summed E-state index contributed by atoms with van der Waals surface area (Å²) in [6, 6.07) is 6.26. The van der Waals surface area contributed by atoms with Gasteiger partial charge in [0.1, 0.15) is 16.6 Å². The zero-order valence-corrected chi connectivity index (χ0v) is 20.6. The van der Waals surface area contributed by atoms with Gasteiger partial charge in [-0.2, -0.15) is 4.40 Å². The Bertz CT molecular complexity index is 860. The molecule has 160 valence electrons. The van der Waals surface area contributed by atoms with Crippen molar-refractivity contribution in [1.82, 2.24) is 4.90 Å². The fraction of sp³-hybridized carbons (Fsp3) is 0.636. The molecule has 0 aromatic heterocycles. The van der Waals surface area contributed by atoms with Gasteiger partial charge in [0.2, 0.25) is 0 Å². The molecule has 0 unspecified atom stereocenters. The molecule has 0 saturated carbocycles. The Labute approximate surface area is 185 Å². The first-order chi connectivity index (χ1) is 13.3. The molecule has 1 aliphatic carbocycles. The number of rotatable bonds is 1. The molecule has 1 heterocycles. The standard InChI is InChI=1S/C22H31BrN2O3S/c1-20(2,3)28-19(26)25-11-9-22(10-12-25)14-15-7-8-16(23)13-17(15)18(22)24-29(27)21(4,5)6/h7-8,13H,9-12,14H2,1-6H3/b24-18-/t29-/m1/s1. The van der Waals surface area contributed by atoms with Crippen LogP contribution in [0.25, 0.3) is 0 Å². The Kier molecular flexibility index (Phi) is 6.05. The first-order valence-corrected chi connectivity index (χ1v) is 12.0. The lowest BCUT2D eigenvalue weighted by Gasteiger charge is -2.40. The van der Waals surface area contributed by atoms with Gasteiger partial charge >= 0.3 is 6.09 Å². The van der Waals surface area contributed by atoms with Crippen LogP contribution in [-0.4, -0.2) is 44.4 Å². The normalized spacial score (nSPS) is 21.3. The number of amides is 1. The van der Waals surface area contributed by atoms with Crippen molar-refractivity contribution in [2.24, 2.45) is 9.81 Å². The molecule has 1 aromatic rings. The molecule has 3 rings (SSSR count). The van der Waals surface area contributed by atoms with Crippen LogP contribution >= 0.6 is 15.9 Å². The summed E-state index contributed by atoms with van der Waals surface area (Å²) in [6.45, 7) is 12.7. The van der Waals surface area contributed by atoms with Crippen molar-refractivity contribution in [1.29, 1.82) is 0 Å². The maximum atomic E-state index is 12.9. The monoisotopic (exact) mass is 482 g/mol. The summed E-state index contributed by atoms with van der Waals surface area (Å²) in [5.41, 5.74) is 2.58. The van der Waals surface area contributed by atoms with Crippen molar-refractivity contribution in [3.05, 3.63) is 33.8 Å². The Morgan fingerprint density at radius 1 is 1.17 bits per heavy atom. The number of piperidine rings is 1. The average Bonchev–Trinajstić information content (AvgIpc) is 2.86. The molecule has 29 heavy (non-hydrogen) atoms. The fourth-order valence-corrected chi connectivity index (χ4v) is 4.97. The van der Waals surface area contributed by atoms with Crippen LogP contribution in [0.5, 0.6) is 0 Å². The Hall–Kier alpha value is -1.21. The second kappa shape index (κ2) is 7.80. The van der Waals surface area contributed by atoms with Crippen LogP contribution in [0.15, 0.2) is 27.1 Å². The van der Waals surface area contributed by atoms with Crippen LogP contribution in [0.3, 0.4) is 0 Å². The van der Waals surface area contributed by atoms with E-state index in [0.717, 1.165) is 35.0 Å². The second-order valence-electron chi connectivity index (χ2n) is 10.0. The van der Waals surface area contributed by atoms with Gasteiger partial charge in [0.25, 0.3) is 0 Å². The third-order valence-electron chi connectivity index (χ3n) is 5.43. The van der Waals surface area contributed by atoms with Crippen LogP contribution in [0.1, 0.15) is 65.5 Å². The van der Waals surface area contributed by atoms with E-state index in [4.69, 9.17) is 9.13 Å². The number of ether oxygens (including phenoxy) is 1. The molecule has 2 aliphatic rings. The van der Waals surface area contributed by atoms with E-state index >= 15 is 0 Å². The van der Waals surface area contributed by atoms with Crippen molar-refractivity contribution in [3.63, 3.8) is 0 Å². The predicted molar refractivity (Wildman–Crippen MR) is 122 cm³/mol. The summed E-state index contributed by atoms with van der Waals surface area (Å²) in [4.78, 5) is 14.3. The molecule has 1 amide bonds. The Morgan fingerprint density at radius 2 is 1.79 bits per heavy atom. The van der Waals surface area contributed by atoms with E-state index in [2.05, 4.69) is 28.1 Å². The smallest absolute Gasteiger partial charge is 0.410 e. The molecule has 1 spiro atoms. The lowest BCUT2D eigenvalue weighted by atomic mass is 9.74. The summed E-state index contributed by atoms with van der Waals surface area (Å²) < 4.78 is 23.8. The Balaban J connectivity index is 1.90. The van der Waals surface area contributed by atoms with E-state index in [0.29, 0.717) is 13.1 Å². The second-order valence-corrected chi connectivity index (χ2v) is 12.8. The maximum absolute atomic E-state index is 12.9. The fourth-order valence-electron chi connectivity index (χ4n) is 3.88. The molecule has 1 fully saturated rings. The minimum absolute atomic E-state index is 0.178. The van der Waals surface area contributed by atoms with E-state index in [1.165, 1.54) is 5.56 Å². The maximum Gasteiger partial charge on any atom is 0.410 e. The zero-order valence-electron chi connectivity index (χ0n) is 18.2. The molecular formula is C22H31BrN2O3S. The number of carbonyl (C=O) groups excluding carboxylic acids is 1. The summed E-state index contributed by atoms with van der Waals surface area (Å²) in [6.07, 6.45) is 2.19. The van der Waals surface area contributed by atoms with Crippen LogP contribution in [0.2, 0.25) is 0 Å². The minimum Gasteiger partial charge on any atom is -0.444 e. The third-order valence-corrected chi connectivity index (χ3v) is 7.32. The van der Waals surface area contributed by atoms with Gasteiger partial charge in [0.05, 0.1) is 10.5 Å². The molecule has 7 heteroatoms. The molecule has 0 radical (unpaired) electrons. The van der Waals surface area contributed by atoms with Crippen LogP contribution in [0, 0.1) is 5.41 Å². The van der Waals surface area contributed by atoms with Gasteiger partial charge in [0.15, 0.2) is 0 Å². The zero-order chi connectivity index (χ0) is 21.6. The topological polar surface area (TPSA) is 59.0 Å². The number of carbonyl (C=O) groups is 1. The first kappa shape index (κ1) is 22.5. The van der Waals surface area contributed by atoms with Gasteiger partial charge in [-0.1, -0.05) is 22.0 Å². The number of nitrogens with zero attached hydrogens (tertiary/aromatic N) is 2. The van der Waals surface area contributed by atoms with Crippen molar-refractivity contribution < 1.29 is 13.7 Å². The highest BCUT2D eigenvalue weighted by atomic mass is 79.9. The summed E-state index contributed by atoms with van der Waals surface area (Å²) in [5, 5.41) is 0. The quantitative estimate of drug-likeness (QED) is 0.547. The number of fused-ring (bicyclic) bond motifs is 1. The van der Waals surface area contributed by atoms with E-state index in [1.807, 2.05) is 47.6 Å². The van der Waals surface area contributed by atoms with Crippen LogP contribution in [-0.2, 0) is 22.1 Å². The van der Waals surface area contributed by atoms with E-state index in [-0.39, 0.29) is 11.5 Å². The first-order valence-electron chi connectivity index (χ1n) is 10.1. The number of likely N-dealkylation sites (tertiary alicyclic amines) is 1. The van der Waals surface area contributed by atoms with Gasteiger partial charge < -0.3 is 9.64 Å². The largest absolute Gasteiger partial charge is 0.444 e. The highest BCUT2D eigenvalue weighted by Crippen LogP contribution is 2.46. The summed E-state index contributed by atoms with van der Waals surface area (Å²) in [5.74, 6) is 0. The van der Waals surface area contributed by atoms with E-state index in [9.17, 15) is 9.00 Å². The SMILES string of the molecule is CC(C)(C)OC(=O)N1CCC2(CC1)Cc1ccc(Br)cc1/C2=N/[S@](=O)C(C)(C)C. The number of hydrogen-bond donors (Lipinski definition) is 0. The van der Waals surface area contributed by atoms with Gasteiger partial charge in [0, 0.05) is 28.5 Å². The van der Waals surface area contributed by atoms with Gasteiger partial charge in [-0.15, -0.1) is 0 Å². The highest BCUT2D eigenvalue weighted by molar-refractivity contribution is 9.10. The molecule has 0 N–H and O–H groups in total. The van der Waals surface area contributed by atoms with Crippen molar-refractivity contribution in [3.8, 4) is 0 Å². The highest BCUT2D eigenvalue weighted by Gasteiger charge is 2.47. The van der Waals surface area contributed by atoms with Gasteiger partial charge in [-0.05, 0) is 78.5 Å². The minimum atomic E-state index is -1.33. The van der Waals surface area contributed by atoms with Crippen molar-refractivity contribution in [2.45, 2.75) is 71.2 Å². The van der Waals surface area contributed by atoms with Gasteiger partial charge in [-0.25, -0.2) is 9.00 Å². The lowest BCUT2D eigenvalue weighted by Crippen LogP contribution is -2.47. The van der Waals surface area contributed by atoms with Gasteiger partial charge in [-0.3, -0.25) is 0 Å². The molecular weight excluding hydrogens is 452 g/mol. The van der Waals surface area contributed by atoms with Crippen molar-refractivity contribution in [2.75, 3.05) is 13.1 Å². The van der Waals surface area contributed by atoms with Crippen LogP contribution in [0.4, 0.5) is 4.79 Å². The third kappa shape index (κ3) is 4.93. The van der Waals surface area contributed by atoms with E-state index in [1.54, 1.807) is 4.90 Å². The average molecular weight is 483 g/mol. The van der Waals surface area contributed by atoms with E-state index < -0.39 is 21.3 Å². The summed E-state index contributed by atoms with van der Waals surface area (Å²) in [7, 11) is -1.33. The number of hydrogen-bond acceptors (Lipinski definition) is 3. The Morgan fingerprint density at radius 3 is 2.34 bits per heavy atom. The molecule has 5 nitrogen and oxygen atoms in total. The molecule has 1 saturated heterocycles. The predicted octanol–water partition coefficient (Wildman–Crippen LogP) is 5.27. The number of halogens is 1. The molecule has 0 bridgehead atoms. The molecule has 1 aliphatic heterocycles. The van der Waals surface area contributed by atoms with Crippen LogP contribution < -0.4 is 0 Å². The molecule has 1 atom stereocenters. The number of benzene rings is 1. The summed E-state index contributed by atoms with van der Waals surface area (Å²) >= 11 is 3.57. The van der Waals surface area contributed by atoms with Crippen molar-refractivity contribution >= 4 is 38.7 Å². The lowest BCUT2D eigenvalue weighted by molar-refractivity contribution is 0.0159.